The molecule has 0 aliphatic carbocycles. The number of carboxylic acids is 2. The van der Waals surface area contributed by atoms with Crippen molar-refractivity contribution in [3.8, 4) is 0 Å². The third kappa shape index (κ3) is 18.7. The first-order chi connectivity index (χ1) is 9.54. The lowest BCUT2D eigenvalue weighted by Crippen LogP contribution is -2.41. The van der Waals surface area contributed by atoms with Crippen molar-refractivity contribution in [2.75, 3.05) is 13.2 Å². The van der Waals surface area contributed by atoms with Gasteiger partial charge in [0.05, 0.1) is 13.2 Å². The van der Waals surface area contributed by atoms with E-state index in [1.165, 1.54) is 0 Å². The van der Waals surface area contributed by atoms with E-state index in [-0.39, 0.29) is 6.42 Å². The summed E-state index contributed by atoms with van der Waals surface area (Å²) < 4.78 is 0. The van der Waals surface area contributed by atoms with Gasteiger partial charge in [-0.05, 0) is 6.42 Å². The molecule has 0 aliphatic rings. The summed E-state index contributed by atoms with van der Waals surface area (Å²) in [5, 5.41) is 66.3. The van der Waals surface area contributed by atoms with Crippen molar-refractivity contribution in [1.29, 1.82) is 0 Å². The molecule has 3 atom stereocenters. The minimum absolute atomic E-state index is 0.273. The summed E-state index contributed by atoms with van der Waals surface area (Å²) in [6, 6.07) is 0. The predicted octanol–water partition coefficient (Wildman–Crippen LogP) is -3.01. The molecule has 0 bridgehead atoms. The standard InChI is InChI=1S/C5H12O5.C4H8O3.C2H4O2/c6-1-3(8)5(10)4(9)2-7;1-2-3(5)4(6)7;1-2(3)4/h3-10H,1-2H2;3,5H,2H2,1H3,(H,6,7);1H3,(H,3,4). The van der Waals surface area contributed by atoms with Gasteiger partial charge in [0.2, 0.25) is 0 Å². The number of carbonyl (C=O) groups is 2. The molecule has 0 saturated heterocycles. The van der Waals surface area contributed by atoms with E-state index in [1.54, 1.807) is 6.92 Å². The summed E-state index contributed by atoms with van der Waals surface area (Å²) in [6.07, 6.45) is -5.20. The largest absolute Gasteiger partial charge is 0.481 e. The number of carboxylic acid groups (broad SMARTS) is 2. The van der Waals surface area contributed by atoms with Crippen LogP contribution in [0.2, 0.25) is 0 Å². The third-order valence-corrected chi connectivity index (χ3v) is 1.83. The van der Waals surface area contributed by atoms with Crippen LogP contribution in [-0.2, 0) is 9.59 Å². The molecule has 0 aliphatic heterocycles. The van der Waals surface area contributed by atoms with Crippen LogP contribution in [-0.4, -0.2) is 90.4 Å². The van der Waals surface area contributed by atoms with Gasteiger partial charge in [-0.25, -0.2) is 4.79 Å². The average Bonchev–Trinajstić information content (AvgIpc) is 2.43. The smallest absolute Gasteiger partial charge is 0.332 e. The average molecular weight is 316 g/mol. The molecule has 0 aromatic carbocycles. The Morgan fingerprint density at radius 2 is 1.19 bits per heavy atom. The van der Waals surface area contributed by atoms with Gasteiger partial charge in [0.25, 0.3) is 5.97 Å². The summed E-state index contributed by atoms with van der Waals surface area (Å²) in [5.41, 5.74) is 0. The predicted molar refractivity (Wildman–Crippen MR) is 69.4 cm³/mol. The second-order valence-electron chi connectivity index (χ2n) is 3.77. The molecular formula is C11H24O10. The second kappa shape index (κ2) is 15.1. The van der Waals surface area contributed by atoms with Gasteiger partial charge in [0.15, 0.2) is 6.10 Å². The molecule has 128 valence electrons. The van der Waals surface area contributed by atoms with E-state index < -0.39 is 49.6 Å². The highest BCUT2D eigenvalue weighted by Gasteiger charge is 2.22. The second-order valence-corrected chi connectivity index (χ2v) is 3.77. The molecule has 10 nitrogen and oxygen atoms in total. The van der Waals surface area contributed by atoms with E-state index in [1.807, 2.05) is 0 Å². The molecule has 0 fully saturated rings. The van der Waals surface area contributed by atoms with Crippen molar-refractivity contribution >= 4 is 11.9 Å². The molecule has 0 heterocycles. The number of aliphatic hydroxyl groups excluding tert-OH is 6. The van der Waals surface area contributed by atoms with Gasteiger partial charge >= 0.3 is 5.97 Å². The quantitative estimate of drug-likeness (QED) is 0.250. The minimum Gasteiger partial charge on any atom is -0.481 e. The fourth-order valence-corrected chi connectivity index (χ4v) is 0.647. The van der Waals surface area contributed by atoms with Crippen molar-refractivity contribution in [1.82, 2.24) is 0 Å². The Morgan fingerprint density at radius 1 is 0.905 bits per heavy atom. The number of aliphatic hydroxyl groups is 6. The molecular weight excluding hydrogens is 292 g/mol. The highest BCUT2D eigenvalue weighted by Crippen LogP contribution is 1.98. The zero-order chi connectivity index (χ0) is 17.6. The van der Waals surface area contributed by atoms with Gasteiger partial charge in [-0.2, -0.15) is 0 Å². The normalized spacial score (nSPS) is 15.2. The Hall–Kier alpha value is -1.30. The maximum absolute atomic E-state index is 9.68. The fourth-order valence-electron chi connectivity index (χ4n) is 0.647. The van der Waals surface area contributed by atoms with Crippen molar-refractivity contribution in [2.24, 2.45) is 0 Å². The number of hydrogen-bond donors (Lipinski definition) is 8. The van der Waals surface area contributed by atoms with Crippen LogP contribution >= 0.6 is 0 Å². The first-order valence-electron chi connectivity index (χ1n) is 5.91. The molecule has 0 amide bonds. The van der Waals surface area contributed by atoms with Crippen molar-refractivity contribution in [3.63, 3.8) is 0 Å². The number of rotatable bonds is 6. The van der Waals surface area contributed by atoms with Gasteiger partial charge in [-0.3, -0.25) is 4.79 Å². The molecule has 0 rings (SSSR count). The van der Waals surface area contributed by atoms with Crippen LogP contribution in [0.15, 0.2) is 0 Å². The van der Waals surface area contributed by atoms with Crippen LogP contribution in [0.1, 0.15) is 20.3 Å². The van der Waals surface area contributed by atoms with Gasteiger partial charge in [0.1, 0.15) is 18.3 Å². The Bertz CT molecular complexity index is 256. The van der Waals surface area contributed by atoms with E-state index in [0.717, 1.165) is 6.92 Å². The van der Waals surface area contributed by atoms with Crippen LogP contribution in [0.5, 0.6) is 0 Å². The van der Waals surface area contributed by atoms with Crippen molar-refractivity contribution in [2.45, 2.75) is 44.7 Å². The highest BCUT2D eigenvalue weighted by molar-refractivity contribution is 5.71. The lowest BCUT2D eigenvalue weighted by Gasteiger charge is -2.19. The Morgan fingerprint density at radius 3 is 1.29 bits per heavy atom. The Labute approximate surface area is 121 Å². The Kier molecular flexibility index (Phi) is 17.8. The van der Waals surface area contributed by atoms with Crippen LogP contribution < -0.4 is 0 Å². The molecule has 0 radical (unpaired) electrons. The fraction of sp³-hybridized carbons (Fsp3) is 0.818. The van der Waals surface area contributed by atoms with Gasteiger partial charge in [-0.15, -0.1) is 0 Å². The van der Waals surface area contributed by atoms with Crippen molar-refractivity contribution in [3.05, 3.63) is 0 Å². The monoisotopic (exact) mass is 316 g/mol. The first-order valence-corrected chi connectivity index (χ1v) is 5.91. The van der Waals surface area contributed by atoms with Crippen LogP contribution in [0.3, 0.4) is 0 Å². The summed E-state index contributed by atoms with van der Waals surface area (Å²) in [6.45, 7) is 1.41. The lowest BCUT2D eigenvalue weighted by molar-refractivity contribution is -0.146. The van der Waals surface area contributed by atoms with Gasteiger partial charge < -0.3 is 40.9 Å². The molecule has 0 saturated carbocycles. The maximum Gasteiger partial charge on any atom is 0.332 e. The van der Waals surface area contributed by atoms with E-state index >= 15 is 0 Å². The summed E-state index contributed by atoms with van der Waals surface area (Å²) in [7, 11) is 0. The molecule has 0 aromatic rings. The van der Waals surface area contributed by atoms with E-state index in [0.29, 0.717) is 0 Å². The van der Waals surface area contributed by atoms with Crippen LogP contribution in [0.4, 0.5) is 0 Å². The first kappa shape index (κ1) is 24.7. The SMILES string of the molecule is CC(=O)O.CCC(O)C(=O)O.OCC(O)C(O)C(O)CO. The molecule has 21 heavy (non-hydrogen) atoms. The number of hydrogen-bond acceptors (Lipinski definition) is 8. The van der Waals surface area contributed by atoms with E-state index in [9.17, 15) is 4.79 Å². The summed E-state index contributed by atoms with van der Waals surface area (Å²) in [4.78, 5) is 18.7. The summed E-state index contributed by atoms with van der Waals surface area (Å²) >= 11 is 0. The van der Waals surface area contributed by atoms with Crippen molar-refractivity contribution < 1.29 is 50.4 Å². The molecule has 0 spiro atoms. The molecule has 8 N–H and O–H groups in total. The third-order valence-electron chi connectivity index (χ3n) is 1.83. The van der Waals surface area contributed by atoms with E-state index in [4.69, 9.17) is 45.6 Å². The molecule has 3 unspecified atom stereocenters. The van der Waals surface area contributed by atoms with Crippen LogP contribution in [0, 0.1) is 0 Å². The highest BCUT2D eigenvalue weighted by atomic mass is 16.4. The zero-order valence-corrected chi connectivity index (χ0v) is 11.8. The summed E-state index contributed by atoms with van der Waals surface area (Å²) in [5.74, 6) is -1.98. The van der Waals surface area contributed by atoms with Crippen LogP contribution in [0.25, 0.3) is 0 Å². The molecule has 0 aromatic heterocycles. The van der Waals surface area contributed by atoms with Gasteiger partial charge in [-0.1, -0.05) is 6.92 Å². The Balaban J connectivity index is -0.000000256. The maximum atomic E-state index is 9.68. The topological polar surface area (TPSA) is 196 Å². The molecule has 10 heteroatoms. The number of aliphatic carboxylic acids is 2. The minimum atomic E-state index is -1.49. The zero-order valence-electron chi connectivity index (χ0n) is 11.8. The van der Waals surface area contributed by atoms with Gasteiger partial charge in [0, 0.05) is 6.92 Å². The lowest BCUT2D eigenvalue weighted by atomic mass is 10.1. The van der Waals surface area contributed by atoms with E-state index in [2.05, 4.69) is 0 Å².